The normalized spacial score (nSPS) is 16.7. The van der Waals surface area contributed by atoms with Crippen LogP contribution in [0.3, 0.4) is 0 Å². The molecule has 6 nitrogen and oxygen atoms in total. The molecule has 0 spiro atoms. The molecule has 0 radical (unpaired) electrons. The lowest BCUT2D eigenvalue weighted by molar-refractivity contribution is -0.117. The number of rotatable bonds is 3. The number of amides is 2. The Balaban J connectivity index is 1.55. The molecule has 0 bridgehead atoms. The van der Waals surface area contributed by atoms with Crippen LogP contribution in [0.5, 0.6) is 0 Å². The number of carbonyl (C=O) groups is 2. The van der Waals surface area contributed by atoms with E-state index in [-0.39, 0.29) is 30.0 Å². The topological polar surface area (TPSA) is 78.1 Å². The van der Waals surface area contributed by atoms with Gasteiger partial charge in [-0.15, -0.1) is 0 Å². The van der Waals surface area contributed by atoms with Crippen molar-refractivity contribution in [1.82, 2.24) is 9.97 Å². The molecule has 0 saturated carbocycles. The first kappa shape index (κ1) is 17.6. The maximum absolute atomic E-state index is 13.0. The van der Waals surface area contributed by atoms with Gasteiger partial charge in [0.2, 0.25) is 11.8 Å². The Morgan fingerprint density at radius 1 is 1.30 bits per heavy atom. The highest BCUT2D eigenvalue weighted by molar-refractivity contribution is 7.99. The summed E-state index contributed by atoms with van der Waals surface area (Å²) in [6, 6.07) is 13.2. The molecule has 2 heterocycles. The molecule has 3 aromatic rings. The van der Waals surface area contributed by atoms with Crippen LogP contribution >= 0.6 is 11.8 Å². The number of H-pyrrole nitrogens is 1. The van der Waals surface area contributed by atoms with E-state index in [0.717, 1.165) is 22.3 Å². The Morgan fingerprint density at radius 2 is 2.11 bits per heavy atom. The van der Waals surface area contributed by atoms with Gasteiger partial charge in [0.1, 0.15) is 0 Å². The van der Waals surface area contributed by atoms with Crippen molar-refractivity contribution in [3.8, 4) is 0 Å². The number of aryl methyl sites for hydroxylation is 1. The van der Waals surface area contributed by atoms with Crippen LogP contribution in [0.2, 0.25) is 0 Å². The minimum atomic E-state index is -0.208. The number of fused-ring (bicyclic) bond motifs is 2. The fraction of sp³-hybridized carbons (Fsp3) is 0.250. The van der Waals surface area contributed by atoms with E-state index in [1.165, 1.54) is 11.8 Å². The Kier molecular flexibility index (Phi) is 4.61. The molecule has 2 aromatic carbocycles. The van der Waals surface area contributed by atoms with Crippen LogP contribution in [0.1, 0.15) is 18.9 Å². The van der Waals surface area contributed by atoms with Crippen molar-refractivity contribution in [2.24, 2.45) is 0 Å². The number of thioether (sulfide) groups is 1. The number of carbonyl (C=O) groups excluding carboxylic acids is 2. The molecule has 27 heavy (non-hydrogen) atoms. The van der Waals surface area contributed by atoms with Gasteiger partial charge in [0.05, 0.1) is 28.2 Å². The molecule has 1 aliphatic rings. The highest BCUT2D eigenvalue weighted by atomic mass is 32.2. The van der Waals surface area contributed by atoms with Crippen molar-refractivity contribution in [2.75, 3.05) is 16.0 Å². The summed E-state index contributed by atoms with van der Waals surface area (Å²) in [7, 11) is 0. The van der Waals surface area contributed by atoms with E-state index in [1.807, 2.05) is 56.3 Å². The first-order valence-corrected chi connectivity index (χ1v) is 9.80. The van der Waals surface area contributed by atoms with E-state index >= 15 is 0 Å². The first-order chi connectivity index (χ1) is 13.0. The zero-order chi connectivity index (χ0) is 19.0. The summed E-state index contributed by atoms with van der Waals surface area (Å²) in [4.78, 5) is 34.6. The number of anilines is 2. The molecular formula is C20H20N4O2S. The number of aromatic nitrogens is 2. The van der Waals surface area contributed by atoms with Crippen molar-refractivity contribution >= 4 is 46.0 Å². The highest BCUT2D eigenvalue weighted by Gasteiger charge is 2.29. The smallest absolute Gasteiger partial charge is 0.237 e. The largest absolute Gasteiger partial charge is 0.333 e. The molecule has 2 N–H and O–H groups in total. The molecular weight excluding hydrogens is 360 g/mol. The summed E-state index contributed by atoms with van der Waals surface area (Å²) in [5.74, 6) is 0.115. The Labute approximate surface area is 161 Å². The summed E-state index contributed by atoms with van der Waals surface area (Å²) in [6.07, 6.45) is 0.273. The number of hydrogen-bond donors (Lipinski definition) is 2. The highest BCUT2D eigenvalue weighted by Crippen LogP contribution is 2.32. The van der Waals surface area contributed by atoms with E-state index in [0.29, 0.717) is 10.8 Å². The molecule has 138 valence electrons. The molecule has 0 fully saturated rings. The Hall–Kier alpha value is -2.80. The Morgan fingerprint density at radius 3 is 2.96 bits per heavy atom. The number of benzene rings is 2. The standard InChI is InChI=1S/C20H20N4O2S/c1-12-7-8-14-16(9-12)23-20(22-14)27-11-19(26)24-13(2)10-18(25)21-15-5-3-4-6-17(15)24/h3-9,13H,10-11H2,1-2H3,(H,21,25)(H,22,23)/t13-/m0/s1. The van der Waals surface area contributed by atoms with E-state index in [2.05, 4.69) is 15.3 Å². The van der Waals surface area contributed by atoms with Crippen LogP contribution in [0.4, 0.5) is 11.4 Å². The molecule has 0 aliphatic carbocycles. The predicted molar refractivity (Wildman–Crippen MR) is 108 cm³/mol. The number of imidazole rings is 1. The predicted octanol–water partition coefficient (Wildman–Crippen LogP) is 3.73. The number of para-hydroxylation sites is 2. The van der Waals surface area contributed by atoms with Crippen LogP contribution in [-0.4, -0.2) is 33.6 Å². The average molecular weight is 380 g/mol. The lowest BCUT2D eigenvalue weighted by atomic mass is 10.2. The van der Waals surface area contributed by atoms with Gasteiger partial charge < -0.3 is 15.2 Å². The quantitative estimate of drug-likeness (QED) is 0.679. The molecule has 0 saturated heterocycles. The van der Waals surface area contributed by atoms with Gasteiger partial charge in [0.25, 0.3) is 0 Å². The minimum absolute atomic E-state index is 0.0481. The van der Waals surface area contributed by atoms with E-state index in [4.69, 9.17) is 0 Å². The van der Waals surface area contributed by atoms with Gasteiger partial charge >= 0.3 is 0 Å². The first-order valence-electron chi connectivity index (χ1n) is 8.81. The molecule has 1 aromatic heterocycles. The van der Waals surface area contributed by atoms with Crippen LogP contribution < -0.4 is 10.2 Å². The van der Waals surface area contributed by atoms with Gasteiger partial charge in [-0.05, 0) is 43.7 Å². The van der Waals surface area contributed by atoms with Crippen LogP contribution in [0, 0.1) is 6.92 Å². The van der Waals surface area contributed by atoms with E-state index in [1.54, 1.807) is 4.90 Å². The summed E-state index contributed by atoms with van der Waals surface area (Å²) >= 11 is 1.37. The third-order valence-electron chi connectivity index (χ3n) is 4.58. The summed E-state index contributed by atoms with van der Waals surface area (Å²) < 4.78 is 0. The zero-order valence-corrected chi connectivity index (χ0v) is 16.0. The van der Waals surface area contributed by atoms with E-state index < -0.39 is 0 Å². The maximum Gasteiger partial charge on any atom is 0.237 e. The van der Waals surface area contributed by atoms with Crippen molar-refractivity contribution < 1.29 is 9.59 Å². The summed E-state index contributed by atoms with van der Waals surface area (Å²) in [5, 5.41) is 3.59. The second-order valence-electron chi connectivity index (χ2n) is 6.73. The van der Waals surface area contributed by atoms with E-state index in [9.17, 15) is 9.59 Å². The van der Waals surface area contributed by atoms with Crippen LogP contribution in [0.25, 0.3) is 11.0 Å². The third kappa shape index (κ3) is 3.55. The van der Waals surface area contributed by atoms with Crippen molar-refractivity contribution in [3.63, 3.8) is 0 Å². The third-order valence-corrected chi connectivity index (χ3v) is 5.43. The number of aromatic amines is 1. The molecule has 1 aliphatic heterocycles. The Bertz CT molecular complexity index is 1030. The zero-order valence-electron chi connectivity index (χ0n) is 15.2. The molecule has 7 heteroatoms. The molecule has 1 atom stereocenters. The van der Waals surface area contributed by atoms with Gasteiger partial charge in [0.15, 0.2) is 5.16 Å². The number of nitrogens with zero attached hydrogens (tertiary/aromatic N) is 2. The molecule has 0 unspecified atom stereocenters. The fourth-order valence-electron chi connectivity index (χ4n) is 3.34. The van der Waals surface area contributed by atoms with Crippen molar-refractivity contribution in [3.05, 3.63) is 48.0 Å². The molecule has 2 amide bonds. The van der Waals surface area contributed by atoms with Gasteiger partial charge in [0, 0.05) is 12.5 Å². The monoisotopic (exact) mass is 380 g/mol. The van der Waals surface area contributed by atoms with Crippen LogP contribution in [-0.2, 0) is 9.59 Å². The van der Waals surface area contributed by atoms with Gasteiger partial charge in [-0.2, -0.15) is 0 Å². The minimum Gasteiger partial charge on any atom is -0.333 e. The summed E-state index contributed by atoms with van der Waals surface area (Å²) in [5.41, 5.74) is 4.42. The average Bonchev–Trinajstić information content (AvgIpc) is 2.97. The van der Waals surface area contributed by atoms with Gasteiger partial charge in [-0.25, -0.2) is 4.98 Å². The van der Waals surface area contributed by atoms with Crippen molar-refractivity contribution in [1.29, 1.82) is 0 Å². The number of nitrogens with one attached hydrogen (secondary N) is 2. The summed E-state index contributed by atoms with van der Waals surface area (Å²) in [6.45, 7) is 3.93. The van der Waals surface area contributed by atoms with Crippen LogP contribution in [0.15, 0.2) is 47.6 Å². The molecule has 4 rings (SSSR count). The lowest BCUT2D eigenvalue weighted by Gasteiger charge is -2.27. The second-order valence-corrected chi connectivity index (χ2v) is 7.70. The SMILES string of the molecule is Cc1ccc2nc(SCC(=O)N3c4ccccc4NC(=O)C[C@@H]3C)[nH]c2c1. The van der Waals surface area contributed by atoms with Crippen molar-refractivity contribution in [2.45, 2.75) is 31.5 Å². The maximum atomic E-state index is 13.0. The van der Waals surface area contributed by atoms with Gasteiger partial charge in [-0.3, -0.25) is 9.59 Å². The number of hydrogen-bond acceptors (Lipinski definition) is 4. The van der Waals surface area contributed by atoms with Gasteiger partial charge in [-0.1, -0.05) is 30.0 Å². The second kappa shape index (κ2) is 7.08. The fourth-order valence-corrected chi connectivity index (χ4v) is 4.08. The lowest BCUT2D eigenvalue weighted by Crippen LogP contribution is -2.40.